The maximum absolute atomic E-state index is 3.77. The Balaban J connectivity index is 1.95. The van der Waals surface area contributed by atoms with E-state index in [-0.39, 0.29) is 6.04 Å². The standard InChI is InChI=1S/C20H25N/c1-2-3-4-5-12-17-21-20(18-13-8-6-9-14-18)19-15-10-7-11-16-19/h2,6-11,13-16,20-21H,1,3-5,12,17H2. The number of unbranched alkanes of at least 4 members (excludes halogenated alkanes) is 3. The van der Waals surface area contributed by atoms with Gasteiger partial charge in [0.1, 0.15) is 0 Å². The molecule has 1 N–H and O–H groups in total. The van der Waals surface area contributed by atoms with E-state index in [1.165, 1.54) is 30.4 Å². The Morgan fingerprint density at radius 1 is 0.810 bits per heavy atom. The molecule has 21 heavy (non-hydrogen) atoms. The van der Waals surface area contributed by atoms with Gasteiger partial charge >= 0.3 is 0 Å². The largest absolute Gasteiger partial charge is 0.306 e. The summed E-state index contributed by atoms with van der Waals surface area (Å²) in [5.74, 6) is 0. The number of benzene rings is 2. The van der Waals surface area contributed by atoms with Crippen LogP contribution in [0.25, 0.3) is 0 Å². The Kier molecular flexibility index (Phi) is 6.76. The van der Waals surface area contributed by atoms with E-state index < -0.39 is 0 Å². The minimum absolute atomic E-state index is 0.284. The zero-order valence-electron chi connectivity index (χ0n) is 12.7. The molecule has 2 aromatic carbocycles. The Morgan fingerprint density at radius 3 is 1.90 bits per heavy atom. The predicted molar refractivity (Wildman–Crippen MR) is 91.4 cm³/mol. The lowest BCUT2D eigenvalue weighted by molar-refractivity contribution is 0.560. The highest BCUT2D eigenvalue weighted by atomic mass is 14.9. The first-order chi connectivity index (χ1) is 10.4. The van der Waals surface area contributed by atoms with Crippen LogP contribution in [0.2, 0.25) is 0 Å². The number of allylic oxidation sites excluding steroid dienone is 1. The lowest BCUT2D eigenvalue weighted by Gasteiger charge is -2.20. The molecular weight excluding hydrogens is 254 g/mol. The Hall–Kier alpha value is -1.86. The van der Waals surface area contributed by atoms with Crippen molar-refractivity contribution in [3.8, 4) is 0 Å². The first-order valence-electron chi connectivity index (χ1n) is 7.86. The zero-order chi connectivity index (χ0) is 14.8. The molecule has 1 heteroatoms. The summed E-state index contributed by atoms with van der Waals surface area (Å²) in [6.45, 7) is 4.82. The van der Waals surface area contributed by atoms with E-state index in [0.29, 0.717) is 0 Å². The van der Waals surface area contributed by atoms with Crippen molar-refractivity contribution in [2.24, 2.45) is 0 Å². The quantitative estimate of drug-likeness (QED) is 0.496. The molecule has 0 fully saturated rings. The molecule has 0 aliphatic heterocycles. The van der Waals surface area contributed by atoms with Crippen molar-refractivity contribution >= 4 is 0 Å². The Labute approximate surface area is 128 Å². The molecule has 0 spiro atoms. The average Bonchev–Trinajstić information content (AvgIpc) is 2.56. The van der Waals surface area contributed by atoms with Crippen LogP contribution in [-0.2, 0) is 0 Å². The third kappa shape index (κ3) is 5.20. The van der Waals surface area contributed by atoms with Crippen molar-refractivity contribution in [3.63, 3.8) is 0 Å². The van der Waals surface area contributed by atoms with Crippen molar-refractivity contribution in [2.45, 2.75) is 31.7 Å². The average molecular weight is 279 g/mol. The number of hydrogen-bond acceptors (Lipinski definition) is 1. The highest BCUT2D eigenvalue weighted by Gasteiger charge is 2.12. The van der Waals surface area contributed by atoms with E-state index in [1.54, 1.807) is 0 Å². The van der Waals surface area contributed by atoms with Crippen LogP contribution in [0.15, 0.2) is 73.3 Å². The summed E-state index contributed by atoms with van der Waals surface area (Å²) in [5.41, 5.74) is 2.66. The van der Waals surface area contributed by atoms with Crippen LogP contribution in [0.1, 0.15) is 42.9 Å². The SMILES string of the molecule is C=CCCCCCNC(c1ccccc1)c1ccccc1. The number of nitrogens with one attached hydrogen (secondary N) is 1. The first-order valence-corrected chi connectivity index (χ1v) is 7.86. The summed E-state index contributed by atoms with van der Waals surface area (Å²) in [4.78, 5) is 0. The van der Waals surface area contributed by atoms with Gasteiger partial charge < -0.3 is 5.32 Å². The minimum Gasteiger partial charge on any atom is -0.306 e. The summed E-state index contributed by atoms with van der Waals surface area (Å²) < 4.78 is 0. The molecule has 2 rings (SSSR count). The summed E-state index contributed by atoms with van der Waals surface area (Å²) >= 11 is 0. The molecule has 0 aromatic heterocycles. The second-order valence-corrected chi connectivity index (χ2v) is 5.35. The summed E-state index contributed by atoms with van der Waals surface area (Å²) in [6, 6.07) is 21.6. The normalized spacial score (nSPS) is 10.7. The van der Waals surface area contributed by atoms with Gasteiger partial charge in [-0.3, -0.25) is 0 Å². The fraction of sp³-hybridized carbons (Fsp3) is 0.300. The van der Waals surface area contributed by atoms with Crippen molar-refractivity contribution in [3.05, 3.63) is 84.4 Å². The summed E-state index contributed by atoms with van der Waals surface area (Å²) in [7, 11) is 0. The fourth-order valence-electron chi connectivity index (χ4n) is 2.56. The monoisotopic (exact) mass is 279 g/mol. The van der Waals surface area contributed by atoms with Gasteiger partial charge in [0, 0.05) is 0 Å². The van der Waals surface area contributed by atoms with Gasteiger partial charge in [0.15, 0.2) is 0 Å². The first kappa shape index (κ1) is 15.5. The number of hydrogen-bond donors (Lipinski definition) is 1. The van der Waals surface area contributed by atoms with Gasteiger partial charge in [-0.2, -0.15) is 0 Å². The van der Waals surface area contributed by atoms with Crippen molar-refractivity contribution in [1.29, 1.82) is 0 Å². The molecule has 0 aliphatic rings. The maximum Gasteiger partial charge on any atom is 0.0576 e. The van der Waals surface area contributed by atoms with E-state index in [2.05, 4.69) is 72.6 Å². The fourth-order valence-corrected chi connectivity index (χ4v) is 2.56. The third-order valence-corrected chi connectivity index (χ3v) is 3.70. The van der Waals surface area contributed by atoms with Crippen molar-refractivity contribution < 1.29 is 0 Å². The van der Waals surface area contributed by atoms with Crippen LogP contribution < -0.4 is 5.32 Å². The predicted octanol–water partition coefficient (Wildman–Crippen LogP) is 5.11. The molecule has 1 nitrogen and oxygen atoms in total. The highest BCUT2D eigenvalue weighted by molar-refractivity contribution is 5.31. The lowest BCUT2D eigenvalue weighted by Crippen LogP contribution is -2.23. The number of rotatable bonds is 9. The van der Waals surface area contributed by atoms with Crippen LogP contribution >= 0.6 is 0 Å². The Bertz CT molecular complexity index is 464. The van der Waals surface area contributed by atoms with Gasteiger partial charge in [-0.1, -0.05) is 73.2 Å². The van der Waals surface area contributed by atoms with E-state index >= 15 is 0 Å². The molecule has 110 valence electrons. The van der Waals surface area contributed by atoms with E-state index in [0.717, 1.165) is 13.0 Å². The molecule has 0 heterocycles. The van der Waals surface area contributed by atoms with Crippen LogP contribution in [0.5, 0.6) is 0 Å². The molecular formula is C20H25N. The zero-order valence-corrected chi connectivity index (χ0v) is 12.7. The minimum atomic E-state index is 0.284. The Morgan fingerprint density at radius 2 is 1.38 bits per heavy atom. The van der Waals surface area contributed by atoms with E-state index in [4.69, 9.17) is 0 Å². The van der Waals surface area contributed by atoms with Gasteiger partial charge in [-0.15, -0.1) is 6.58 Å². The van der Waals surface area contributed by atoms with Crippen molar-refractivity contribution in [2.75, 3.05) is 6.54 Å². The molecule has 0 radical (unpaired) electrons. The lowest BCUT2D eigenvalue weighted by atomic mass is 9.98. The van der Waals surface area contributed by atoms with E-state index in [9.17, 15) is 0 Å². The van der Waals surface area contributed by atoms with Crippen LogP contribution in [0.3, 0.4) is 0 Å². The van der Waals surface area contributed by atoms with Gasteiger partial charge in [-0.25, -0.2) is 0 Å². The molecule has 0 saturated heterocycles. The molecule has 0 aliphatic carbocycles. The van der Waals surface area contributed by atoms with Gasteiger partial charge in [-0.05, 0) is 36.9 Å². The van der Waals surface area contributed by atoms with Gasteiger partial charge in [0.25, 0.3) is 0 Å². The molecule has 2 aromatic rings. The van der Waals surface area contributed by atoms with E-state index in [1.807, 2.05) is 6.08 Å². The summed E-state index contributed by atoms with van der Waals surface area (Å²) in [6.07, 6.45) is 6.84. The van der Waals surface area contributed by atoms with Crippen LogP contribution in [-0.4, -0.2) is 6.54 Å². The molecule has 0 bridgehead atoms. The smallest absolute Gasteiger partial charge is 0.0576 e. The van der Waals surface area contributed by atoms with Gasteiger partial charge in [0.2, 0.25) is 0 Å². The second kappa shape index (κ2) is 9.15. The topological polar surface area (TPSA) is 12.0 Å². The third-order valence-electron chi connectivity index (χ3n) is 3.70. The molecule has 0 saturated carbocycles. The second-order valence-electron chi connectivity index (χ2n) is 5.35. The maximum atomic E-state index is 3.77. The molecule has 0 amide bonds. The summed E-state index contributed by atoms with van der Waals surface area (Å²) in [5, 5.41) is 3.70. The van der Waals surface area contributed by atoms with Crippen LogP contribution in [0, 0.1) is 0 Å². The van der Waals surface area contributed by atoms with Crippen LogP contribution in [0.4, 0.5) is 0 Å². The molecule has 0 unspecified atom stereocenters. The molecule has 0 atom stereocenters. The highest BCUT2D eigenvalue weighted by Crippen LogP contribution is 2.21. The van der Waals surface area contributed by atoms with Crippen molar-refractivity contribution in [1.82, 2.24) is 5.32 Å². The van der Waals surface area contributed by atoms with Gasteiger partial charge in [0.05, 0.1) is 6.04 Å².